The number of esters is 1. The van der Waals surface area contributed by atoms with E-state index < -0.39 is 12.2 Å². The third-order valence-corrected chi connectivity index (χ3v) is 5.93. The highest BCUT2D eigenvalue weighted by atomic mass is 79.9. The van der Waals surface area contributed by atoms with Crippen LogP contribution in [-0.4, -0.2) is 56.2 Å². The number of benzene rings is 2. The van der Waals surface area contributed by atoms with E-state index in [-0.39, 0.29) is 28.9 Å². The Morgan fingerprint density at radius 1 is 0.895 bits per heavy atom. The van der Waals surface area contributed by atoms with E-state index in [1.54, 1.807) is 36.7 Å². The minimum Gasteiger partial charge on any atom is -0.493 e. The Bertz CT molecular complexity index is 1390. The lowest BCUT2D eigenvalue weighted by Gasteiger charge is -2.19. The number of methoxy groups -OCH3 is 4. The summed E-state index contributed by atoms with van der Waals surface area (Å²) < 4.78 is 33.7. The second-order valence-electron chi connectivity index (χ2n) is 7.84. The Kier molecular flexibility index (Phi) is 8.01. The number of hydrogen-bond acceptors (Lipinski definition) is 10. The normalized spacial score (nSPS) is 14.3. The molecule has 38 heavy (non-hydrogen) atoms. The maximum Gasteiger partial charge on any atom is 0.343 e. The predicted octanol–water partition coefficient (Wildman–Crippen LogP) is 4.34. The maximum absolute atomic E-state index is 13.0. The lowest BCUT2D eigenvalue weighted by molar-refractivity contribution is -0.135. The van der Waals surface area contributed by atoms with Gasteiger partial charge in [0.15, 0.2) is 23.0 Å². The third kappa shape index (κ3) is 5.35. The Balaban J connectivity index is 1.60. The van der Waals surface area contributed by atoms with Gasteiger partial charge in [0, 0.05) is 34.9 Å². The van der Waals surface area contributed by atoms with E-state index in [9.17, 15) is 9.59 Å². The number of halogens is 1. The molecule has 1 aliphatic rings. The highest BCUT2D eigenvalue weighted by Crippen LogP contribution is 2.39. The summed E-state index contributed by atoms with van der Waals surface area (Å²) in [5, 5.41) is 5.57. The van der Waals surface area contributed by atoms with Crippen molar-refractivity contribution in [1.29, 1.82) is 0 Å². The van der Waals surface area contributed by atoms with Crippen LogP contribution in [0.5, 0.6) is 28.7 Å². The lowest BCUT2D eigenvalue weighted by atomic mass is 10.1. The standard InChI is InChI=1S/C26H24BrN3O8/c1-14(31)30-25(17-8-18(27)13-28-12-17)38-24(29-30)15-6-7-19(20(9-15)33-2)37-26(32)16-10-21(34-3)23(36-5)22(11-16)35-4/h6-13,25H,1-5H3/t25-/m1/s1. The van der Waals surface area contributed by atoms with Crippen molar-refractivity contribution in [2.75, 3.05) is 28.4 Å². The second kappa shape index (κ2) is 11.4. The molecule has 4 rings (SSSR count). The zero-order valence-corrected chi connectivity index (χ0v) is 22.8. The van der Waals surface area contributed by atoms with Crippen LogP contribution in [0, 0.1) is 0 Å². The number of rotatable bonds is 8. The van der Waals surface area contributed by atoms with Crippen LogP contribution in [0.25, 0.3) is 0 Å². The zero-order valence-electron chi connectivity index (χ0n) is 21.2. The average molecular weight is 586 g/mol. The Hall–Kier alpha value is -4.32. The van der Waals surface area contributed by atoms with E-state index >= 15 is 0 Å². The van der Waals surface area contributed by atoms with Crippen molar-refractivity contribution in [3.05, 3.63) is 70.0 Å². The molecule has 1 atom stereocenters. The van der Waals surface area contributed by atoms with E-state index in [1.165, 1.54) is 52.5 Å². The summed E-state index contributed by atoms with van der Waals surface area (Å²) in [7, 11) is 5.81. The molecule has 11 nitrogen and oxygen atoms in total. The van der Waals surface area contributed by atoms with Crippen molar-refractivity contribution in [3.8, 4) is 28.7 Å². The van der Waals surface area contributed by atoms with Crippen molar-refractivity contribution in [3.63, 3.8) is 0 Å². The summed E-state index contributed by atoms with van der Waals surface area (Å²) >= 11 is 3.38. The first-order valence-electron chi connectivity index (χ1n) is 11.2. The topological polar surface area (TPSA) is 118 Å². The van der Waals surface area contributed by atoms with Crippen LogP contribution < -0.4 is 23.7 Å². The number of hydrogen-bond donors (Lipinski definition) is 0. The van der Waals surface area contributed by atoms with Gasteiger partial charge in [-0.15, -0.1) is 5.10 Å². The van der Waals surface area contributed by atoms with Gasteiger partial charge in [0.2, 0.25) is 23.8 Å². The van der Waals surface area contributed by atoms with Gasteiger partial charge in [0.25, 0.3) is 0 Å². The first-order chi connectivity index (χ1) is 18.3. The van der Waals surface area contributed by atoms with E-state index in [0.29, 0.717) is 28.4 Å². The van der Waals surface area contributed by atoms with Crippen LogP contribution in [-0.2, 0) is 9.53 Å². The molecule has 2 aromatic carbocycles. The first-order valence-corrected chi connectivity index (χ1v) is 11.9. The SMILES string of the molecule is COc1cc(C2=NN(C(C)=O)[C@@H](c3cncc(Br)c3)O2)ccc1OC(=O)c1cc(OC)c(OC)c(OC)c1. The van der Waals surface area contributed by atoms with Gasteiger partial charge >= 0.3 is 5.97 Å². The lowest BCUT2D eigenvalue weighted by Crippen LogP contribution is -2.25. The molecule has 198 valence electrons. The fourth-order valence-corrected chi connectivity index (χ4v) is 4.09. The minimum absolute atomic E-state index is 0.157. The summed E-state index contributed by atoms with van der Waals surface area (Å²) in [5.41, 5.74) is 1.32. The molecule has 0 radical (unpaired) electrons. The summed E-state index contributed by atoms with van der Waals surface area (Å²) in [4.78, 5) is 29.4. The van der Waals surface area contributed by atoms with Gasteiger partial charge in [0.1, 0.15) is 0 Å². The number of carbonyl (C=O) groups is 2. The van der Waals surface area contributed by atoms with Gasteiger partial charge in [-0.2, -0.15) is 5.01 Å². The number of ether oxygens (including phenoxy) is 6. The van der Waals surface area contributed by atoms with Gasteiger partial charge in [0.05, 0.1) is 34.0 Å². The van der Waals surface area contributed by atoms with E-state index in [1.807, 2.05) is 0 Å². The summed E-state index contributed by atoms with van der Waals surface area (Å²) in [6.45, 7) is 1.39. The molecule has 0 bridgehead atoms. The van der Waals surface area contributed by atoms with Crippen LogP contribution in [0.4, 0.5) is 0 Å². The quantitative estimate of drug-likeness (QED) is 0.281. The molecule has 3 aromatic rings. The smallest absolute Gasteiger partial charge is 0.343 e. The van der Waals surface area contributed by atoms with Crippen molar-refractivity contribution in [2.45, 2.75) is 13.2 Å². The predicted molar refractivity (Wildman–Crippen MR) is 139 cm³/mol. The van der Waals surface area contributed by atoms with E-state index in [0.717, 1.165) is 4.47 Å². The van der Waals surface area contributed by atoms with Crippen LogP contribution in [0.1, 0.15) is 34.6 Å². The molecule has 12 heteroatoms. The fourth-order valence-electron chi connectivity index (χ4n) is 3.71. The van der Waals surface area contributed by atoms with Gasteiger partial charge in [-0.1, -0.05) is 0 Å². The minimum atomic E-state index is -0.795. The van der Waals surface area contributed by atoms with Crippen LogP contribution in [0.3, 0.4) is 0 Å². The number of aromatic nitrogens is 1. The zero-order chi connectivity index (χ0) is 27.4. The van der Waals surface area contributed by atoms with E-state index in [4.69, 9.17) is 28.4 Å². The Labute approximate surface area is 227 Å². The number of pyridine rings is 1. The average Bonchev–Trinajstić information content (AvgIpc) is 3.38. The monoisotopic (exact) mass is 585 g/mol. The van der Waals surface area contributed by atoms with Crippen molar-refractivity contribution in [2.24, 2.45) is 5.10 Å². The second-order valence-corrected chi connectivity index (χ2v) is 8.76. The Morgan fingerprint density at radius 2 is 1.58 bits per heavy atom. The Morgan fingerprint density at radius 3 is 2.16 bits per heavy atom. The molecule has 0 saturated carbocycles. The molecule has 0 aliphatic carbocycles. The summed E-state index contributed by atoms with van der Waals surface area (Å²) in [5.74, 6) is 0.572. The van der Waals surface area contributed by atoms with Gasteiger partial charge in [-0.05, 0) is 52.3 Å². The third-order valence-electron chi connectivity index (χ3n) is 5.49. The largest absolute Gasteiger partial charge is 0.493 e. The summed E-state index contributed by atoms with van der Waals surface area (Å²) in [6, 6.07) is 9.54. The first kappa shape index (κ1) is 26.7. The van der Waals surface area contributed by atoms with Gasteiger partial charge < -0.3 is 28.4 Å². The number of carbonyl (C=O) groups excluding carboxylic acids is 2. The maximum atomic E-state index is 13.0. The van der Waals surface area contributed by atoms with Crippen LogP contribution in [0.15, 0.2) is 58.4 Å². The molecule has 0 saturated heterocycles. The molecule has 1 aliphatic heterocycles. The number of nitrogens with zero attached hydrogens (tertiary/aromatic N) is 3. The highest BCUT2D eigenvalue weighted by Gasteiger charge is 2.34. The van der Waals surface area contributed by atoms with Crippen molar-refractivity contribution >= 4 is 33.7 Å². The molecule has 0 N–H and O–H groups in total. The molecular formula is C26H24BrN3O8. The summed E-state index contributed by atoms with van der Waals surface area (Å²) in [6.07, 6.45) is 2.42. The highest BCUT2D eigenvalue weighted by molar-refractivity contribution is 9.10. The molecular weight excluding hydrogens is 562 g/mol. The van der Waals surface area contributed by atoms with Crippen LogP contribution in [0.2, 0.25) is 0 Å². The van der Waals surface area contributed by atoms with Gasteiger partial charge in [-0.25, -0.2) is 4.79 Å². The molecule has 1 amide bonds. The van der Waals surface area contributed by atoms with E-state index in [2.05, 4.69) is 26.0 Å². The van der Waals surface area contributed by atoms with Crippen molar-refractivity contribution in [1.82, 2.24) is 9.99 Å². The van der Waals surface area contributed by atoms with Crippen molar-refractivity contribution < 1.29 is 38.0 Å². The van der Waals surface area contributed by atoms with Gasteiger partial charge in [-0.3, -0.25) is 9.78 Å². The molecule has 1 aromatic heterocycles. The molecule has 0 spiro atoms. The molecule has 2 heterocycles. The number of amides is 1. The molecule has 0 fully saturated rings. The fraction of sp³-hybridized carbons (Fsp3) is 0.231. The van der Waals surface area contributed by atoms with Crippen LogP contribution >= 0.6 is 15.9 Å². The number of hydrazone groups is 1. The molecule has 0 unspecified atom stereocenters.